The molecule has 1 saturated carbocycles. The molecule has 0 aromatic heterocycles. The molecule has 0 spiro atoms. The molecule has 1 amide bonds. The number of anilines is 2. The highest BCUT2D eigenvalue weighted by atomic mass is 35.5. The van der Waals surface area contributed by atoms with Crippen molar-refractivity contribution in [2.75, 3.05) is 10.0 Å². The van der Waals surface area contributed by atoms with E-state index in [0.29, 0.717) is 5.69 Å². The molecule has 0 bridgehead atoms. The zero-order valence-electron chi connectivity index (χ0n) is 13.3. The maximum Gasteiger partial charge on any atom is 0.289 e. The summed E-state index contributed by atoms with van der Waals surface area (Å²) in [5.74, 6) is -0.0803. The second kappa shape index (κ2) is 6.93. The van der Waals surface area contributed by atoms with Crippen LogP contribution in [-0.4, -0.2) is 19.2 Å². The summed E-state index contributed by atoms with van der Waals surface area (Å²) in [6.45, 7) is 0. The number of benzene rings is 2. The predicted molar refractivity (Wildman–Crippen MR) is 96.7 cm³/mol. The first-order valence-electron chi connectivity index (χ1n) is 7.64. The molecule has 0 heterocycles. The number of nitro benzene ring substituents is 1. The van der Waals surface area contributed by atoms with Gasteiger partial charge < -0.3 is 5.32 Å². The molecule has 0 saturated heterocycles. The van der Waals surface area contributed by atoms with Gasteiger partial charge in [0.15, 0.2) is 0 Å². The summed E-state index contributed by atoms with van der Waals surface area (Å²) in [5, 5.41) is 13.5. The number of carbonyl (C=O) groups excluding carboxylic acids is 1. The summed E-state index contributed by atoms with van der Waals surface area (Å²) in [5.41, 5.74) is 0.181. The average molecular weight is 396 g/mol. The van der Waals surface area contributed by atoms with Gasteiger partial charge in [0.2, 0.25) is 5.91 Å². The first-order valence-corrected chi connectivity index (χ1v) is 9.50. The fourth-order valence-corrected chi connectivity index (χ4v) is 3.52. The van der Waals surface area contributed by atoms with Gasteiger partial charge in [-0.15, -0.1) is 0 Å². The Morgan fingerprint density at radius 1 is 1.15 bits per heavy atom. The van der Waals surface area contributed by atoms with E-state index in [1.807, 2.05) is 0 Å². The number of amides is 1. The number of nitrogens with one attached hydrogen (secondary N) is 2. The topological polar surface area (TPSA) is 118 Å². The number of sulfonamides is 1. The number of hydrogen-bond acceptors (Lipinski definition) is 5. The zero-order valence-corrected chi connectivity index (χ0v) is 14.9. The first-order chi connectivity index (χ1) is 12.3. The van der Waals surface area contributed by atoms with Crippen LogP contribution in [0.2, 0.25) is 5.02 Å². The number of hydrogen-bond donors (Lipinski definition) is 2. The van der Waals surface area contributed by atoms with Crippen LogP contribution in [0.15, 0.2) is 47.4 Å². The molecule has 136 valence electrons. The van der Waals surface area contributed by atoms with Crippen LogP contribution >= 0.6 is 11.6 Å². The van der Waals surface area contributed by atoms with Crippen molar-refractivity contribution in [2.45, 2.75) is 17.7 Å². The molecule has 2 aromatic rings. The Kier molecular flexibility index (Phi) is 4.84. The predicted octanol–water partition coefficient (Wildman–Crippen LogP) is 3.40. The van der Waals surface area contributed by atoms with Gasteiger partial charge >= 0.3 is 0 Å². The third kappa shape index (κ3) is 4.12. The van der Waals surface area contributed by atoms with Gasteiger partial charge in [-0.1, -0.05) is 17.7 Å². The normalized spacial score (nSPS) is 13.9. The number of carbonyl (C=O) groups is 1. The Labute approximate surface area is 154 Å². The number of rotatable bonds is 6. The molecule has 1 fully saturated rings. The third-order valence-electron chi connectivity index (χ3n) is 3.76. The van der Waals surface area contributed by atoms with Gasteiger partial charge in [-0.05, 0) is 43.2 Å². The van der Waals surface area contributed by atoms with Crippen molar-refractivity contribution in [3.63, 3.8) is 0 Å². The van der Waals surface area contributed by atoms with Crippen LogP contribution in [0.3, 0.4) is 0 Å². The van der Waals surface area contributed by atoms with Gasteiger partial charge in [-0.2, -0.15) is 0 Å². The van der Waals surface area contributed by atoms with Gasteiger partial charge in [0.25, 0.3) is 15.7 Å². The second-order valence-electron chi connectivity index (χ2n) is 5.82. The van der Waals surface area contributed by atoms with E-state index >= 15 is 0 Å². The lowest BCUT2D eigenvalue weighted by molar-refractivity contribution is -0.384. The van der Waals surface area contributed by atoms with E-state index in [1.165, 1.54) is 18.2 Å². The minimum atomic E-state index is -4.06. The molecule has 2 aromatic carbocycles. The van der Waals surface area contributed by atoms with Crippen molar-refractivity contribution in [3.8, 4) is 0 Å². The number of halogens is 1. The average Bonchev–Trinajstić information content (AvgIpc) is 3.39. The van der Waals surface area contributed by atoms with Crippen molar-refractivity contribution in [2.24, 2.45) is 5.92 Å². The second-order valence-corrected chi connectivity index (χ2v) is 7.91. The van der Waals surface area contributed by atoms with E-state index in [9.17, 15) is 23.3 Å². The zero-order chi connectivity index (χ0) is 18.9. The lowest BCUT2D eigenvalue weighted by Gasteiger charge is -2.10. The number of nitro groups is 1. The van der Waals surface area contributed by atoms with E-state index in [2.05, 4.69) is 10.0 Å². The minimum absolute atomic E-state index is 0.0185. The number of nitrogens with zero attached hydrogens (tertiary/aromatic N) is 1. The van der Waals surface area contributed by atoms with Crippen LogP contribution in [0.5, 0.6) is 0 Å². The fraction of sp³-hybridized carbons (Fsp3) is 0.188. The Bertz CT molecular complexity index is 989. The van der Waals surface area contributed by atoms with Crippen molar-refractivity contribution in [1.29, 1.82) is 0 Å². The molecule has 0 aliphatic heterocycles. The molecule has 0 radical (unpaired) electrons. The van der Waals surface area contributed by atoms with Gasteiger partial charge in [0.05, 0.1) is 15.5 Å². The molecular formula is C16H14ClN3O5S. The quantitative estimate of drug-likeness (QED) is 0.574. The molecule has 0 atom stereocenters. The maximum atomic E-state index is 12.5. The molecule has 26 heavy (non-hydrogen) atoms. The third-order valence-corrected chi connectivity index (χ3v) is 5.45. The minimum Gasteiger partial charge on any atom is -0.326 e. The largest absolute Gasteiger partial charge is 0.326 e. The Hall–Kier alpha value is -2.65. The van der Waals surface area contributed by atoms with Crippen molar-refractivity contribution >= 4 is 44.6 Å². The van der Waals surface area contributed by atoms with Gasteiger partial charge in [-0.25, -0.2) is 8.42 Å². The molecule has 1 aliphatic carbocycles. The van der Waals surface area contributed by atoms with Crippen LogP contribution in [-0.2, 0) is 14.8 Å². The Morgan fingerprint density at radius 2 is 1.85 bits per heavy atom. The van der Waals surface area contributed by atoms with Gasteiger partial charge in [-0.3, -0.25) is 19.6 Å². The molecule has 0 unspecified atom stereocenters. The first kappa shape index (κ1) is 18.2. The fourth-order valence-electron chi connectivity index (χ4n) is 2.26. The molecule has 2 N–H and O–H groups in total. The molecule has 8 nitrogen and oxygen atoms in total. The summed E-state index contributed by atoms with van der Waals surface area (Å²) in [6, 6.07) is 9.44. The Balaban J connectivity index is 1.82. The van der Waals surface area contributed by atoms with Crippen molar-refractivity contribution < 1.29 is 18.1 Å². The highest BCUT2D eigenvalue weighted by molar-refractivity contribution is 7.92. The summed E-state index contributed by atoms with van der Waals surface area (Å²) >= 11 is 5.70. The highest BCUT2D eigenvalue weighted by Crippen LogP contribution is 2.31. The van der Waals surface area contributed by atoms with Crippen molar-refractivity contribution in [3.05, 3.63) is 57.6 Å². The monoisotopic (exact) mass is 395 g/mol. The molecule has 1 aliphatic rings. The van der Waals surface area contributed by atoms with Crippen LogP contribution in [0.25, 0.3) is 0 Å². The van der Waals surface area contributed by atoms with Gasteiger partial charge in [0.1, 0.15) is 5.02 Å². The van der Waals surface area contributed by atoms with Crippen LogP contribution in [0, 0.1) is 16.0 Å². The van der Waals surface area contributed by atoms with Crippen LogP contribution in [0.4, 0.5) is 17.1 Å². The summed E-state index contributed by atoms with van der Waals surface area (Å²) in [6.07, 6.45) is 1.71. The Morgan fingerprint density at radius 3 is 2.50 bits per heavy atom. The standard InChI is InChI=1S/C16H14ClN3O5S/c17-14-7-6-13(9-15(14)20(22)23)26(24,25)19-12-3-1-2-11(8-12)18-16(21)10-4-5-10/h1-3,6-10,19H,4-5H2,(H,18,21). The summed E-state index contributed by atoms with van der Waals surface area (Å²) in [7, 11) is -4.06. The lowest BCUT2D eigenvalue weighted by Crippen LogP contribution is -2.15. The van der Waals surface area contributed by atoms with E-state index < -0.39 is 20.6 Å². The molecule has 3 rings (SSSR count). The lowest BCUT2D eigenvalue weighted by atomic mass is 10.2. The van der Waals surface area contributed by atoms with E-state index in [1.54, 1.807) is 12.1 Å². The smallest absolute Gasteiger partial charge is 0.289 e. The van der Waals surface area contributed by atoms with Crippen LogP contribution < -0.4 is 10.0 Å². The maximum absolute atomic E-state index is 12.5. The van der Waals surface area contributed by atoms with Gasteiger partial charge in [0, 0.05) is 17.7 Å². The summed E-state index contributed by atoms with van der Waals surface area (Å²) in [4.78, 5) is 21.7. The highest BCUT2D eigenvalue weighted by Gasteiger charge is 2.29. The molecule has 10 heteroatoms. The van der Waals surface area contributed by atoms with Crippen LogP contribution in [0.1, 0.15) is 12.8 Å². The van der Waals surface area contributed by atoms with E-state index in [4.69, 9.17) is 11.6 Å². The molecular weight excluding hydrogens is 382 g/mol. The summed E-state index contributed by atoms with van der Waals surface area (Å²) < 4.78 is 27.3. The van der Waals surface area contributed by atoms with E-state index in [-0.39, 0.29) is 27.4 Å². The van der Waals surface area contributed by atoms with Crippen molar-refractivity contribution in [1.82, 2.24) is 0 Å². The SMILES string of the molecule is O=C(Nc1cccc(NS(=O)(=O)c2ccc(Cl)c([N+](=O)[O-])c2)c1)C1CC1. The van der Waals surface area contributed by atoms with E-state index in [0.717, 1.165) is 25.0 Å².